The van der Waals surface area contributed by atoms with Crippen LogP contribution in [0.2, 0.25) is 0 Å². The third kappa shape index (κ3) is 1.26. The van der Waals surface area contributed by atoms with Crippen LogP contribution < -0.4 is 0 Å². The topological polar surface area (TPSA) is 33.0 Å². The minimum absolute atomic E-state index is 0.196. The van der Waals surface area contributed by atoms with Crippen molar-refractivity contribution in [3.63, 3.8) is 0 Å². The van der Waals surface area contributed by atoms with E-state index in [2.05, 4.69) is 19.9 Å². The Morgan fingerprint density at radius 3 is 2.21 bits per heavy atom. The zero-order chi connectivity index (χ0) is 10.2. The van der Waals surface area contributed by atoms with E-state index in [9.17, 15) is 5.26 Å². The first-order valence-electron chi connectivity index (χ1n) is 5.68. The maximum Gasteiger partial charge on any atom is 0.0666 e. The van der Waals surface area contributed by atoms with Gasteiger partial charge >= 0.3 is 0 Å². The fraction of sp³-hybridized carbons (Fsp3) is 0.917. The summed E-state index contributed by atoms with van der Waals surface area (Å²) in [5, 5.41) is 9.26. The molecule has 0 aromatic carbocycles. The molecule has 1 unspecified atom stereocenters. The van der Waals surface area contributed by atoms with Crippen molar-refractivity contribution in [3.05, 3.63) is 0 Å². The summed E-state index contributed by atoms with van der Waals surface area (Å²) in [6.07, 6.45) is 3.98. The van der Waals surface area contributed by atoms with E-state index in [1.807, 2.05) is 0 Å². The molecular weight excluding hydrogens is 174 g/mol. The highest BCUT2D eigenvalue weighted by atomic mass is 16.5. The maximum absolute atomic E-state index is 9.26. The van der Waals surface area contributed by atoms with Gasteiger partial charge in [-0.05, 0) is 24.7 Å². The standard InChI is InChI=1S/C12H19NO/c1-9(2)11(6-13)12(7-14-8-12)10-4-3-5-10/h9-11H,3-5,7-8H2,1-2H3. The van der Waals surface area contributed by atoms with Crippen molar-refractivity contribution >= 4 is 0 Å². The SMILES string of the molecule is CC(C)C(C#N)C1(C2CCC2)COC1. The third-order valence-electron chi connectivity index (χ3n) is 4.08. The normalized spacial score (nSPS) is 27.6. The van der Waals surface area contributed by atoms with Gasteiger partial charge in [0.1, 0.15) is 0 Å². The van der Waals surface area contributed by atoms with E-state index in [1.54, 1.807) is 0 Å². The number of rotatable bonds is 3. The molecule has 0 amide bonds. The Kier molecular flexibility index (Phi) is 2.53. The van der Waals surface area contributed by atoms with Gasteiger partial charge in [0.2, 0.25) is 0 Å². The van der Waals surface area contributed by atoms with Crippen LogP contribution in [0.4, 0.5) is 0 Å². The van der Waals surface area contributed by atoms with Gasteiger partial charge in [-0.3, -0.25) is 0 Å². The molecular formula is C12H19NO. The van der Waals surface area contributed by atoms with Gasteiger partial charge in [0, 0.05) is 5.41 Å². The molecule has 2 heteroatoms. The Balaban J connectivity index is 2.14. The van der Waals surface area contributed by atoms with E-state index in [4.69, 9.17) is 4.74 Å². The molecule has 1 saturated heterocycles. The van der Waals surface area contributed by atoms with Crippen molar-refractivity contribution in [3.8, 4) is 6.07 Å². The van der Waals surface area contributed by atoms with Crippen molar-refractivity contribution in [2.45, 2.75) is 33.1 Å². The van der Waals surface area contributed by atoms with Crippen LogP contribution in [0, 0.1) is 34.5 Å². The van der Waals surface area contributed by atoms with Crippen molar-refractivity contribution < 1.29 is 4.74 Å². The van der Waals surface area contributed by atoms with Crippen LogP contribution in [0.15, 0.2) is 0 Å². The number of nitriles is 1. The number of hydrogen-bond donors (Lipinski definition) is 0. The predicted octanol–water partition coefficient (Wildman–Crippen LogP) is 2.60. The van der Waals surface area contributed by atoms with E-state index in [-0.39, 0.29) is 11.3 Å². The van der Waals surface area contributed by atoms with Crippen LogP contribution in [0.5, 0.6) is 0 Å². The molecule has 14 heavy (non-hydrogen) atoms. The second-order valence-corrected chi connectivity index (χ2v) is 5.20. The summed E-state index contributed by atoms with van der Waals surface area (Å²) in [7, 11) is 0. The lowest BCUT2D eigenvalue weighted by Crippen LogP contribution is -2.56. The van der Waals surface area contributed by atoms with Crippen molar-refractivity contribution in [1.82, 2.24) is 0 Å². The molecule has 1 heterocycles. The summed E-state index contributed by atoms with van der Waals surface area (Å²) >= 11 is 0. The average Bonchev–Trinajstić information content (AvgIpc) is 1.96. The minimum atomic E-state index is 0.196. The highest BCUT2D eigenvalue weighted by molar-refractivity contribution is 5.07. The van der Waals surface area contributed by atoms with Gasteiger partial charge in [0.05, 0.1) is 25.2 Å². The number of hydrogen-bond acceptors (Lipinski definition) is 2. The second kappa shape index (κ2) is 3.55. The molecule has 2 fully saturated rings. The first-order chi connectivity index (χ1) is 6.70. The fourth-order valence-corrected chi connectivity index (χ4v) is 2.93. The summed E-state index contributed by atoms with van der Waals surface area (Å²) in [6, 6.07) is 2.51. The van der Waals surface area contributed by atoms with Crippen LogP contribution in [-0.2, 0) is 4.74 Å². The first kappa shape index (κ1) is 9.98. The van der Waals surface area contributed by atoms with Gasteiger partial charge < -0.3 is 4.74 Å². The number of nitrogens with zero attached hydrogens (tertiary/aromatic N) is 1. The summed E-state index contributed by atoms with van der Waals surface area (Å²) < 4.78 is 5.38. The molecule has 2 nitrogen and oxygen atoms in total. The van der Waals surface area contributed by atoms with Crippen LogP contribution in [0.1, 0.15) is 33.1 Å². The van der Waals surface area contributed by atoms with E-state index >= 15 is 0 Å². The highest BCUT2D eigenvalue weighted by Crippen LogP contribution is 2.53. The van der Waals surface area contributed by atoms with Gasteiger partial charge in [-0.15, -0.1) is 0 Å². The minimum Gasteiger partial charge on any atom is -0.380 e. The summed E-state index contributed by atoms with van der Waals surface area (Å²) in [5.41, 5.74) is 0.223. The predicted molar refractivity (Wildman–Crippen MR) is 54.5 cm³/mol. The number of ether oxygens (including phenoxy) is 1. The highest BCUT2D eigenvalue weighted by Gasteiger charge is 2.53. The molecule has 1 saturated carbocycles. The van der Waals surface area contributed by atoms with Gasteiger partial charge in [-0.1, -0.05) is 20.3 Å². The first-order valence-corrected chi connectivity index (χ1v) is 5.68. The molecule has 0 spiro atoms. The van der Waals surface area contributed by atoms with E-state index in [0.29, 0.717) is 5.92 Å². The molecule has 0 radical (unpaired) electrons. The Bertz CT molecular complexity index is 246. The molecule has 78 valence electrons. The quantitative estimate of drug-likeness (QED) is 0.690. The molecule has 1 aliphatic heterocycles. The summed E-state index contributed by atoms with van der Waals surface area (Å²) in [4.78, 5) is 0. The zero-order valence-electron chi connectivity index (χ0n) is 9.12. The Morgan fingerprint density at radius 2 is 2.00 bits per heavy atom. The van der Waals surface area contributed by atoms with Gasteiger partial charge in [-0.2, -0.15) is 5.26 Å². The summed E-state index contributed by atoms with van der Waals surface area (Å²) in [6.45, 7) is 5.97. The van der Waals surface area contributed by atoms with Crippen molar-refractivity contribution in [1.29, 1.82) is 5.26 Å². The Morgan fingerprint density at radius 1 is 1.36 bits per heavy atom. The molecule has 0 N–H and O–H groups in total. The van der Waals surface area contributed by atoms with E-state index < -0.39 is 0 Å². The zero-order valence-corrected chi connectivity index (χ0v) is 9.12. The van der Waals surface area contributed by atoms with E-state index in [0.717, 1.165) is 19.1 Å². The van der Waals surface area contributed by atoms with Gasteiger partial charge in [0.15, 0.2) is 0 Å². The van der Waals surface area contributed by atoms with Crippen LogP contribution >= 0.6 is 0 Å². The maximum atomic E-state index is 9.26. The average molecular weight is 193 g/mol. The lowest BCUT2D eigenvalue weighted by molar-refractivity contribution is -0.189. The molecule has 2 aliphatic rings. The van der Waals surface area contributed by atoms with E-state index in [1.165, 1.54) is 19.3 Å². The Hall–Kier alpha value is -0.550. The lowest BCUT2D eigenvalue weighted by Gasteiger charge is -2.54. The second-order valence-electron chi connectivity index (χ2n) is 5.20. The lowest BCUT2D eigenvalue weighted by atomic mass is 9.56. The fourth-order valence-electron chi connectivity index (χ4n) is 2.93. The summed E-state index contributed by atoms with van der Waals surface area (Å²) in [5.74, 6) is 1.43. The Labute approximate surface area is 86.2 Å². The largest absolute Gasteiger partial charge is 0.380 e. The molecule has 0 bridgehead atoms. The molecule has 2 rings (SSSR count). The third-order valence-corrected chi connectivity index (χ3v) is 4.08. The molecule has 0 aromatic rings. The molecule has 0 aromatic heterocycles. The van der Waals surface area contributed by atoms with Gasteiger partial charge in [-0.25, -0.2) is 0 Å². The van der Waals surface area contributed by atoms with Gasteiger partial charge in [0.25, 0.3) is 0 Å². The molecule has 1 atom stereocenters. The van der Waals surface area contributed by atoms with Crippen LogP contribution in [0.25, 0.3) is 0 Å². The van der Waals surface area contributed by atoms with Crippen molar-refractivity contribution in [2.75, 3.05) is 13.2 Å². The van der Waals surface area contributed by atoms with Crippen LogP contribution in [0.3, 0.4) is 0 Å². The van der Waals surface area contributed by atoms with Crippen molar-refractivity contribution in [2.24, 2.45) is 23.2 Å². The molecule has 1 aliphatic carbocycles. The van der Waals surface area contributed by atoms with Crippen LogP contribution in [-0.4, -0.2) is 13.2 Å². The monoisotopic (exact) mass is 193 g/mol. The smallest absolute Gasteiger partial charge is 0.0666 e.